The number of alkyl halides is 6. The number of rotatable bonds is 5. The number of anilines is 1. The Bertz CT molecular complexity index is 1600. The zero-order valence-corrected chi connectivity index (χ0v) is 21.7. The fraction of sp³-hybridized carbons (Fsp3) is 0.370. The molecule has 2 aliphatic heterocycles. The van der Waals surface area contributed by atoms with Gasteiger partial charge in [-0.1, -0.05) is 23.5 Å². The molecule has 3 aliphatic rings. The molecule has 13 heteroatoms. The lowest BCUT2D eigenvalue weighted by Gasteiger charge is -2.34. The Kier molecular flexibility index (Phi) is 6.61. The van der Waals surface area contributed by atoms with Gasteiger partial charge >= 0.3 is 12.4 Å². The van der Waals surface area contributed by atoms with Crippen LogP contribution < -0.4 is 15.5 Å². The van der Waals surface area contributed by atoms with E-state index in [2.05, 4.69) is 20.1 Å². The predicted octanol–water partition coefficient (Wildman–Crippen LogP) is 4.58. The van der Waals surface area contributed by atoms with Crippen LogP contribution in [0.5, 0.6) is 5.88 Å². The van der Waals surface area contributed by atoms with Crippen LogP contribution in [-0.4, -0.2) is 53.4 Å². The molecule has 2 fully saturated rings. The molecule has 0 amide bonds. The molecule has 3 heterocycles. The maximum absolute atomic E-state index is 14.0. The van der Waals surface area contributed by atoms with Crippen molar-refractivity contribution in [3.05, 3.63) is 74.1 Å². The van der Waals surface area contributed by atoms with E-state index in [0.717, 1.165) is 30.5 Å². The first-order valence-electron chi connectivity index (χ1n) is 12.7. The number of benzene rings is 2. The van der Waals surface area contributed by atoms with Gasteiger partial charge in [-0.2, -0.15) is 41.5 Å². The summed E-state index contributed by atoms with van der Waals surface area (Å²) in [5, 5.41) is 20.4. The first-order chi connectivity index (χ1) is 19.0. The fourth-order valence-electron chi connectivity index (χ4n) is 5.12. The summed E-state index contributed by atoms with van der Waals surface area (Å²) in [6.45, 7) is 3.11. The molecule has 0 unspecified atom stereocenters. The number of nitrogens with zero attached hydrogens (tertiary/aromatic N) is 5. The second-order valence-corrected chi connectivity index (χ2v) is 11.0. The van der Waals surface area contributed by atoms with Crippen LogP contribution in [0, 0.1) is 0 Å². The van der Waals surface area contributed by atoms with Crippen LogP contribution in [0.4, 0.5) is 31.5 Å². The van der Waals surface area contributed by atoms with Crippen molar-refractivity contribution in [3.8, 4) is 5.88 Å². The molecule has 0 spiro atoms. The van der Waals surface area contributed by atoms with Gasteiger partial charge in [0.05, 0.1) is 27.6 Å². The van der Waals surface area contributed by atoms with Gasteiger partial charge in [0.2, 0.25) is 5.88 Å². The highest BCUT2D eigenvalue weighted by molar-refractivity contribution is 7.17. The molecular weight excluding hydrogens is 556 g/mol. The van der Waals surface area contributed by atoms with Gasteiger partial charge in [0.25, 0.3) is 0 Å². The minimum atomic E-state index is -5.02. The Morgan fingerprint density at radius 3 is 2.38 bits per heavy atom. The third-order valence-corrected chi connectivity index (χ3v) is 8.53. The molecule has 1 N–H and O–H groups in total. The number of aromatic nitrogens is 1. The van der Waals surface area contributed by atoms with Crippen LogP contribution in [0.3, 0.4) is 0 Å². The summed E-state index contributed by atoms with van der Waals surface area (Å²) in [6, 6.07) is 7.26. The van der Waals surface area contributed by atoms with Crippen LogP contribution in [0.15, 0.2) is 46.6 Å². The summed E-state index contributed by atoms with van der Waals surface area (Å²) < 4.78 is 81.8. The standard InChI is InChI=1S/C27H23F6N5OS/c28-26(29,30)18-3-1-16(21(13-18)27(31,32)33)12-20(15-2-6-22-17(11-15)14-34-36-22)23-24(39)35-25(40-23)38-9-7-37(8-10-38)19-4-5-19/h1-3,6,11,13-14,19,39H,4-5,7-10,12H2. The first kappa shape index (κ1) is 26.8. The molecule has 1 aliphatic carbocycles. The van der Waals surface area contributed by atoms with Crippen molar-refractivity contribution < 1.29 is 31.4 Å². The largest absolute Gasteiger partial charge is 0.492 e. The Balaban J connectivity index is 1.43. The van der Waals surface area contributed by atoms with Gasteiger partial charge in [-0.05, 0) is 53.5 Å². The lowest BCUT2D eigenvalue weighted by atomic mass is 9.94. The molecule has 40 heavy (non-hydrogen) atoms. The quantitative estimate of drug-likeness (QED) is 0.450. The summed E-state index contributed by atoms with van der Waals surface area (Å²) >= 11 is 1.16. The molecule has 1 aromatic heterocycles. The van der Waals surface area contributed by atoms with Crippen molar-refractivity contribution in [1.82, 2.24) is 9.88 Å². The van der Waals surface area contributed by atoms with Crippen molar-refractivity contribution in [1.29, 1.82) is 0 Å². The van der Waals surface area contributed by atoms with Gasteiger partial charge in [-0.3, -0.25) is 4.90 Å². The lowest BCUT2D eigenvalue weighted by molar-refractivity contribution is -0.143. The molecule has 0 bridgehead atoms. The average molecular weight is 580 g/mol. The third kappa shape index (κ3) is 5.31. The van der Waals surface area contributed by atoms with Crippen molar-refractivity contribution in [2.24, 2.45) is 10.2 Å². The van der Waals surface area contributed by atoms with Gasteiger partial charge in [0.15, 0.2) is 5.13 Å². The second kappa shape index (κ2) is 9.88. The smallest absolute Gasteiger partial charge is 0.416 e. The molecule has 6 nitrogen and oxygen atoms in total. The maximum Gasteiger partial charge on any atom is 0.416 e. The van der Waals surface area contributed by atoms with E-state index in [4.69, 9.17) is 0 Å². The Labute approximate surface area is 228 Å². The predicted molar refractivity (Wildman–Crippen MR) is 138 cm³/mol. The third-order valence-electron chi connectivity index (χ3n) is 7.37. The monoisotopic (exact) mass is 579 g/mol. The molecule has 2 aromatic carbocycles. The van der Waals surface area contributed by atoms with Crippen LogP contribution >= 0.6 is 11.3 Å². The number of halogens is 6. The lowest BCUT2D eigenvalue weighted by Crippen LogP contribution is -2.47. The Morgan fingerprint density at radius 2 is 1.70 bits per heavy atom. The van der Waals surface area contributed by atoms with Crippen molar-refractivity contribution in [3.63, 3.8) is 0 Å². The van der Waals surface area contributed by atoms with E-state index in [1.807, 2.05) is 4.90 Å². The minimum absolute atomic E-state index is 0.137. The van der Waals surface area contributed by atoms with Crippen LogP contribution in [-0.2, 0) is 18.8 Å². The number of thiazole rings is 1. The van der Waals surface area contributed by atoms with E-state index in [-0.39, 0.29) is 28.8 Å². The normalized spacial score (nSPS) is 18.6. The number of fused-ring (bicyclic) bond motifs is 1. The SMILES string of the molecule is Oc1nc(N2CCN(C3CC3)CC2)sc1C(Cc1ccc(C(F)(F)F)cc1C(F)(F)F)=c1ccc2c(c1)C=NN=2. The molecule has 0 atom stereocenters. The van der Waals surface area contributed by atoms with Gasteiger partial charge in [0, 0.05) is 44.2 Å². The van der Waals surface area contributed by atoms with Crippen molar-refractivity contribution in [2.45, 2.75) is 37.7 Å². The molecule has 0 radical (unpaired) electrons. The van der Waals surface area contributed by atoms with Crippen molar-refractivity contribution in [2.75, 3.05) is 31.1 Å². The Hall–Kier alpha value is -3.45. The molecular formula is C27H23F6N5OS. The zero-order chi connectivity index (χ0) is 28.2. The van der Waals surface area contributed by atoms with E-state index in [1.165, 1.54) is 19.1 Å². The molecule has 1 saturated heterocycles. The summed E-state index contributed by atoms with van der Waals surface area (Å²) in [4.78, 5) is 9.07. The molecule has 1 saturated carbocycles. The molecule has 6 rings (SSSR count). The number of hydrogen-bond acceptors (Lipinski definition) is 7. The van der Waals surface area contributed by atoms with E-state index in [1.54, 1.807) is 18.2 Å². The number of piperazine rings is 1. The van der Waals surface area contributed by atoms with Crippen LogP contribution in [0.2, 0.25) is 0 Å². The van der Waals surface area contributed by atoms with Gasteiger partial charge < -0.3 is 10.0 Å². The highest BCUT2D eigenvalue weighted by atomic mass is 32.1. The van der Waals surface area contributed by atoms with Gasteiger partial charge in [-0.25, -0.2) is 0 Å². The van der Waals surface area contributed by atoms with E-state index < -0.39 is 23.5 Å². The average Bonchev–Trinajstić information content (AvgIpc) is 3.53. The number of aromatic hydroxyl groups is 1. The highest BCUT2D eigenvalue weighted by Crippen LogP contribution is 2.41. The fourth-order valence-corrected chi connectivity index (χ4v) is 6.19. The summed E-state index contributed by atoms with van der Waals surface area (Å²) in [5.74, 6) is -0.334. The summed E-state index contributed by atoms with van der Waals surface area (Å²) in [5.41, 5.74) is -2.15. The van der Waals surface area contributed by atoms with Gasteiger partial charge in [-0.15, -0.1) is 0 Å². The molecule has 3 aromatic rings. The maximum atomic E-state index is 14.0. The van der Waals surface area contributed by atoms with E-state index in [9.17, 15) is 31.4 Å². The topological polar surface area (TPSA) is 64.3 Å². The highest BCUT2D eigenvalue weighted by Gasteiger charge is 2.38. The second-order valence-electron chi connectivity index (χ2n) is 10.0. The minimum Gasteiger partial charge on any atom is -0.492 e. The van der Waals surface area contributed by atoms with Gasteiger partial charge in [0.1, 0.15) is 0 Å². The summed E-state index contributed by atoms with van der Waals surface area (Å²) in [6.07, 6.45) is -6.43. The van der Waals surface area contributed by atoms with Crippen LogP contribution in [0.1, 0.15) is 40.0 Å². The summed E-state index contributed by atoms with van der Waals surface area (Å²) in [7, 11) is 0. The van der Waals surface area contributed by atoms with E-state index in [0.29, 0.717) is 52.0 Å². The molecule has 210 valence electrons. The first-order valence-corrected chi connectivity index (χ1v) is 13.5. The Morgan fingerprint density at radius 1 is 0.950 bits per heavy atom. The zero-order valence-electron chi connectivity index (χ0n) is 20.9. The van der Waals surface area contributed by atoms with Crippen molar-refractivity contribution >= 4 is 28.3 Å². The van der Waals surface area contributed by atoms with E-state index >= 15 is 0 Å². The number of hydrogen-bond donors (Lipinski definition) is 1. The van der Waals surface area contributed by atoms with Crippen LogP contribution in [0.25, 0.3) is 5.57 Å².